The summed E-state index contributed by atoms with van der Waals surface area (Å²) in [6, 6.07) is 67.7. The van der Waals surface area contributed by atoms with Crippen molar-refractivity contribution in [3.05, 3.63) is 204 Å². The van der Waals surface area contributed by atoms with Gasteiger partial charge in [0.1, 0.15) is 0 Å². The van der Waals surface area contributed by atoms with E-state index in [9.17, 15) is 0 Å². The van der Waals surface area contributed by atoms with Gasteiger partial charge >= 0.3 is 0 Å². The van der Waals surface area contributed by atoms with E-state index >= 15 is 0 Å². The highest BCUT2D eigenvalue weighted by molar-refractivity contribution is 5.86. The standard InChI is InChI=1S/C54H42/c1-53(2)49-20-7-5-18-45(49)47-28-26-43(33-51(47)53)41-16-10-13-38(31-41)36-24-22-35(23-25-36)37-12-9-14-39(30-37)40-15-11-17-42(32-40)44-27-29-48-46-19-6-8-21-50(46)54(3,4)52(48)34-44/h5-34H,1-4H3. The molecule has 0 unspecified atom stereocenters. The molecule has 0 bridgehead atoms. The Bertz CT molecular complexity index is 2750. The lowest BCUT2D eigenvalue weighted by Gasteiger charge is -2.22. The molecule has 0 saturated heterocycles. The smallest absolute Gasteiger partial charge is 0.0159 e. The van der Waals surface area contributed by atoms with Gasteiger partial charge in [-0.3, -0.25) is 0 Å². The first-order valence-electron chi connectivity index (χ1n) is 19.2. The molecular weight excluding hydrogens is 649 g/mol. The Morgan fingerprint density at radius 1 is 0.222 bits per heavy atom. The van der Waals surface area contributed by atoms with Gasteiger partial charge in [0, 0.05) is 10.8 Å². The third-order valence-corrected chi connectivity index (χ3v) is 12.3. The van der Waals surface area contributed by atoms with Crippen molar-refractivity contribution in [2.24, 2.45) is 0 Å². The maximum Gasteiger partial charge on any atom is 0.0159 e. The fourth-order valence-corrected chi connectivity index (χ4v) is 9.26. The number of hydrogen-bond donors (Lipinski definition) is 0. The minimum Gasteiger partial charge on any atom is -0.0619 e. The maximum atomic E-state index is 2.41. The van der Waals surface area contributed by atoms with Crippen LogP contribution in [0.4, 0.5) is 0 Å². The molecule has 0 nitrogen and oxygen atoms in total. The Labute approximate surface area is 319 Å². The molecule has 0 radical (unpaired) electrons. The molecule has 0 amide bonds. The summed E-state index contributed by atoms with van der Waals surface area (Å²) in [6.07, 6.45) is 0. The van der Waals surface area contributed by atoms with Crippen LogP contribution in [0.5, 0.6) is 0 Å². The summed E-state index contributed by atoms with van der Waals surface area (Å²) in [7, 11) is 0. The van der Waals surface area contributed by atoms with Crippen LogP contribution >= 0.6 is 0 Å². The topological polar surface area (TPSA) is 0 Å². The minimum atomic E-state index is -0.0145. The number of benzene rings is 8. The quantitative estimate of drug-likeness (QED) is 0.169. The molecule has 0 atom stereocenters. The van der Waals surface area contributed by atoms with Crippen LogP contribution in [-0.4, -0.2) is 0 Å². The van der Waals surface area contributed by atoms with Gasteiger partial charge in [0.2, 0.25) is 0 Å². The molecule has 10 rings (SSSR count). The maximum absolute atomic E-state index is 2.41. The molecule has 0 saturated carbocycles. The van der Waals surface area contributed by atoms with Gasteiger partial charge in [0.05, 0.1) is 0 Å². The Kier molecular flexibility index (Phi) is 7.29. The average Bonchev–Trinajstić information content (AvgIpc) is 3.60. The predicted molar refractivity (Wildman–Crippen MR) is 229 cm³/mol. The first-order chi connectivity index (χ1) is 26.3. The van der Waals surface area contributed by atoms with Gasteiger partial charge in [-0.05, 0) is 130 Å². The summed E-state index contributed by atoms with van der Waals surface area (Å²) in [5.41, 5.74) is 23.4. The minimum absolute atomic E-state index is 0.0113. The molecule has 8 aromatic carbocycles. The second-order valence-electron chi connectivity index (χ2n) is 16.2. The summed E-state index contributed by atoms with van der Waals surface area (Å²) in [4.78, 5) is 0. The van der Waals surface area contributed by atoms with E-state index in [1.54, 1.807) is 0 Å². The Morgan fingerprint density at radius 3 is 0.870 bits per heavy atom. The number of rotatable bonds is 5. The van der Waals surface area contributed by atoms with E-state index in [2.05, 4.69) is 210 Å². The van der Waals surface area contributed by atoms with Crippen molar-refractivity contribution in [1.29, 1.82) is 0 Å². The van der Waals surface area contributed by atoms with Gasteiger partial charge in [-0.15, -0.1) is 0 Å². The highest BCUT2D eigenvalue weighted by Gasteiger charge is 2.36. The Balaban J connectivity index is 0.912. The van der Waals surface area contributed by atoms with Gasteiger partial charge in [0.15, 0.2) is 0 Å². The number of fused-ring (bicyclic) bond motifs is 6. The highest BCUT2D eigenvalue weighted by Crippen LogP contribution is 2.51. The molecule has 0 aromatic heterocycles. The summed E-state index contributed by atoms with van der Waals surface area (Å²) in [5.74, 6) is 0. The lowest BCUT2D eigenvalue weighted by Crippen LogP contribution is -2.14. The van der Waals surface area contributed by atoms with Crippen LogP contribution in [0, 0.1) is 0 Å². The zero-order valence-electron chi connectivity index (χ0n) is 31.3. The lowest BCUT2D eigenvalue weighted by atomic mass is 9.81. The molecule has 0 heteroatoms. The molecule has 2 aliphatic carbocycles. The third kappa shape index (κ3) is 5.12. The monoisotopic (exact) mass is 690 g/mol. The molecule has 0 spiro atoms. The fourth-order valence-electron chi connectivity index (χ4n) is 9.26. The summed E-state index contributed by atoms with van der Waals surface area (Å²) >= 11 is 0. The molecule has 2 aliphatic rings. The van der Waals surface area contributed by atoms with E-state index in [1.165, 1.54) is 100 Å². The van der Waals surface area contributed by atoms with Crippen LogP contribution in [0.2, 0.25) is 0 Å². The number of hydrogen-bond acceptors (Lipinski definition) is 0. The first-order valence-corrected chi connectivity index (χ1v) is 19.2. The van der Waals surface area contributed by atoms with Gasteiger partial charge in [-0.1, -0.05) is 179 Å². The molecule has 258 valence electrons. The summed E-state index contributed by atoms with van der Waals surface area (Å²) < 4.78 is 0. The summed E-state index contributed by atoms with van der Waals surface area (Å²) in [5, 5.41) is 0. The van der Waals surface area contributed by atoms with Crippen LogP contribution in [-0.2, 0) is 10.8 Å². The van der Waals surface area contributed by atoms with Crippen LogP contribution < -0.4 is 0 Å². The lowest BCUT2D eigenvalue weighted by molar-refractivity contribution is 0.660. The molecule has 0 N–H and O–H groups in total. The normalized spacial score (nSPS) is 14.2. The zero-order chi connectivity index (χ0) is 36.6. The van der Waals surface area contributed by atoms with Gasteiger partial charge in [-0.25, -0.2) is 0 Å². The van der Waals surface area contributed by atoms with Crippen molar-refractivity contribution in [2.75, 3.05) is 0 Å². The fraction of sp³-hybridized carbons (Fsp3) is 0.111. The molecule has 54 heavy (non-hydrogen) atoms. The van der Waals surface area contributed by atoms with Crippen LogP contribution in [0.25, 0.3) is 77.9 Å². The van der Waals surface area contributed by atoms with Crippen LogP contribution in [0.1, 0.15) is 49.9 Å². The molecule has 0 heterocycles. The second kappa shape index (κ2) is 12.2. The second-order valence-corrected chi connectivity index (χ2v) is 16.2. The Hall–Kier alpha value is -6.24. The van der Waals surface area contributed by atoms with Crippen molar-refractivity contribution in [3.63, 3.8) is 0 Å². The molecule has 0 aliphatic heterocycles. The van der Waals surface area contributed by atoms with Gasteiger partial charge in [0.25, 0.3) is 0 Å². The summed E-state index contributed by atoms with van der Waals surface area (Å²) in [6.45, 7) is 9.40. The van der Waals surface area contributed by atoms with Crippen molar-refractivity contribution in [2.45, 2.75) is 38.5 Å². The van der Waals surface area contributed by atoms with E-state index in [4.69, 9.17) is 0 Å². The average molecular weight is 691 g/mol. The Morgan fingerprint density at radius 2 is 0.500 bits per heavy atom. The van der Waals surface area contributed by atoms with Gasteiger partial charge in [-0.2, -0.15) is 0 Å². The van der Waals surface area contributed by atoms with Crippen molar-refractivity contribution in [1.82, 2.24) is 0 Å². The van der Waals surface area contributed by atoms with Gasteiger partial charge < -0.3 is 0 Å². The van der Waals surface area contributed by atoms with Crippen LogP contribution in [0.15, 0.2) is 182 Å². The first kappa shape index (κ1) is 32.4. The van der Waals surface area contributed by atoms with Crippen molar-refractivity contribution < 1.29 is 0 Å². The SMILES string of the molecule is CC1(C)c2ccccc2-c2ccc(-c3cccc(-c4ccc(-c5cccc(-c6cccc(-c7ccc8c(c7)C(C)(C)c7ccccc7-8)c6)c5)cc4)c3)cc21. The van der Waals surface area contributed by atoms with Crippen molar-refractivity contribution in [3.8, 4) is 77.9 Å². The highest BCUT2D eigenvalue weighted by atomic mass is 14.4. The molecule has 0 fully saturated rings. The zero-order valence-corrected chi connectivity index (χ0v) is 31.3. The third-order valence-electron chi connectivity index (χ3n) is 12.3. The van der Waals surface area contributed by atoms with E-state index in [0.717, 1.165) is 0 Å². The van der Waals surface area contributed by atoms with E-state index in [-0.39, 0.29) is 10.8 Å². The van der Waals surface area contributed by atoms with E-state index < -0.39 is 0 Å². The molecular formula is C54H42. The van der Waals surface area contributed by atoms with E-state index in [1.807, 2.05) is 0 Å². The van der Waals surface area contributed by atoms with Crippen LogP contribution in [0.3, 0.4) is 0 Å². The predicted octanol–water partition coefficient (Wildman–Crippen LogP) is 14.6. The van der Waals surface area contributed by atoms with E-state index in [0.29, 0.717) is 0 Å². The molecule has 8 aromatic rings. The largest absolute Gasteiger partial charge is 0.0619 e. The van der Waals surface area contributed by atoms with Crippen molar-refractivity contribution >= 4 is 0 Å².